The lowest BCUT2D eigenvalue weighted by molar-refractivity contribution is 0.0600. The highest BCUT2D eigenvalue weighted by atomic mass is 79.9. The number of aryl methyl sites for hydroxylation is 1. The van der Waals surface area contributed by atoms with E-state index < -0.39 is 0 Å². The van der Waals surface area contributed by atoms with Gasteiger partial charge < -0.3 is 9.47 Å². The minimum Gasteiger partial charge on any atom is -0.487 e. The first-order chi connectivity index (χ1) is 9.11. The molecule has 0 N–H and O–H groups in total. The van der Waals surface area contributed by atoms with Crippen LogP contribution in [0.5, 0.6) is 5.75 Å². The van der Waals surface area contributed by atoms with Gasteiger partial charge in [-0.1, -0.05) is 0 Å². The quantitative estimate of drug-likeness (QED) is 0.811. The molecule has 2 aromatic rings. The standard InChI is InChI=1S/C13H13BrN2O3/c1-16-12(11(14)7-15-16)8-19-10-5-3-9(4-6-10)13(17)18-2/h3-7H,8H2,1-2H3. The van der Waals surface area contributed by atoms with Crippen LogP contribution < -0.4 is 4.74 Å². The highest BCUT2D eigenvalue weighted by molar-refractivity contribution is 9.10. The maximum Gasteiger partial charge on any atom is 0.337 e. The van der Waals surface area contributed by atoms with E-state index in [2.05, 4.69) is 25.8 Å². The molecule has 1 aromatic heterocycles. The van der Waals surface area contributed by atoms with Gasteiger partial charge in [-0.3, -0.25) is 4.68 Å². The topological polar surface area (TPSA) is 53.4 Å². The molecule has 0 aliphatic carbocycles. The van der Waals surface area contributed by atoms with Crippen molar-refractivity contribution in [3.05, 3.63) is 46.2 Å². The minimum absolute atomic E-state index is 0.360. The number of rotatable bonds is 4. The Balaban J connectivity index is 2.03. The number of carbonyl (C=O) groups is 1. The predicted octanol–water partition coefficient (Wildman–Crippen LogP) is 2.55. The number of nitrogens with zero attached hydrogens (tertiary/aromatic N) is 2. The lowest BCUT2D eigenvalue weighted by Crippen LogP contribution is -2.04. The van der Waals surface area contributed by atoms with Crippen LogP contribution in [0, 0.1) is 0 Å². The van der Waals surface area contributed by atoms with E-state index in [-0.39, 0.29) is 5.97 Å². The molecule has 2 rings (SSSR count). The summed E-state index contributed by atoms with van der Waals surface area (Å²) in [5.41, 5.74) is 1.44. The fourth-order valence-electron chi connectivity index (χ4n) is 1.56. The SMILES string of the molecule is COC(=O)c1ccc(OCc2c(Br)cnn2C)cc1. The number of ether oxygens (including phenoxy) is 2. The molecule has 0 saturated carbocycles. The third-order valence-electron chi connectivity index (χ3n) is 2.66. The van der Waals surface area contributed by atoms with Crippen molar-refractivity contribution in [2.45, 2.75) is 6.61 Å². The smallest absolute Gasteiger partial charge is 0.337 e. The van der Waals surface area contributed by atoms with Crippen molar-refractivity contribution >= 4 is 21.9 Å². The molecule has 0 saturated heterocycles. The number of hydrogen-bond acceptors (Lipinski definition) is 4. The summed E-state index contributed by atoms with van der Waals surface area (Å²) in [5, 5.41) is 4.11. The van der Waals surface area contributed by atoms with Gasteiger partial charge in [-0.05, 0) is 40.2 Å². The number of benzene rings is 1. The van der Waals surface area contributed by atoms with Crippen molar-refractivity contribution in [1.29, 1.82) is 0 Å². The van der Waals surface area contributed by atoms with Gasteiger partial charge in [0.2, 0.25) is 0 Å². The van der Waals surface area contributed by atoms with Crippen LogP contribution >= 0.6 is 15.9 Å². The van der Waals surface area contributed by atoms with E-state index in [4.69, 9.17) is 4.74 Å². The second-order valence-corrected chi connectivity index (χ2v) is 4.72. The molecule has 1 heterocycles. The molecule has 0 amide bonds. The summed E-state index contributed by atoms with van der Waals surface area (Å²) in [6.45, 7) is 0.397. The van der Waals surface area contributed by atoms with Gasteiger partial charge in [0.1, 0.15) is 12.4 Å². The van der Waals surface area contributed by atoms with Gasteiger partial charge in [-0.25, -0.2) is 4.79 Å². The van der Waals surface area contributed by atoms with E-state index >= 15 is 0 Å². The largest absolute Gasteiger partial charge is 0.487 e. The fourth-order valence-corrected chi connectivity index (χ4v) is 2.02. The van der Waals surface area contributed by atoms with Crippen molar-refractivity contribution in [1.82, 2.24) is 9.78 Å². The highest BCUT2D eigenvalue weighted by Crippen LogP contribution is 2.19. The van der Waals surface area contributed by atoms with E-state index in [1.807, 2.05) is 7.05 Å². The Hall–Kier alpha value is -1.82. The molecular formula is C13H13BrN2O3. The number of halogens is 1. The first-order valence-corrected chi connectivity index (χ1v) is 6.38. The molecule has 19 heavy (non-hydrogen) atoms. The molecule has 6 heteroatoms. The van der Waals surface area contributed by atoms with E-state index in [0.29, 0.717) is 17.9 Å². The normalized spacial score (nSPS) is 10.3. The summed E-state index contributed by atoms with van der Waals surface area (Å²) in [4.78, 5) is 11.3. The summed E-state index contributed by atoms with van der Waals surface area (Å²) >= 11 is 3.41. The van der Waals surface area contributed by atoms with Crippen molar-refractivity contribution in [3.63, 3.8) is 0 Å². The Morgan fingerprint density at radius 1 is 1.37 bits per heavy atom. The number of carbonyl (C=O) groups excluding carboxylic acids is 1. The monoisotopic (exact) mass is 324 g/mol. The maximum absolute atomic E-state index is 11.3. The second kappa shape index (κ2) is 5.88. The van der Waals surface area contributed by atoms with Crippen LogP contribution in [-0.2, 0) is 18.4 Å². The number of esters is 1. The summed E-state index contributed by atoms with van der Waals surface area (Å²) in [6.07, 6.45) is 1.72. The predicted molar refractivity (Wildman–Crippen MR) is 73.0 cm³/mol. The van der Waals surface area contributed by atoms with Crippen LogP contribution in [0.15, 0.2) is 34.9 Å². The summed E-state index contributed by atoms with van der Waals surface area (Å²) in [5.74, 6) is 0.321. The molecule has 0 fully saturated rings. The Morgan fingerprint density at radius 3 is 2.58 bits per heavy atom. The minimum atomic E-state index is -0.360. The van der Waals surface area contributed by atoms with Gasteiger partial charge in [0.25, 0.3) is 0 Å². The van der Waals surface area contributed by atoms with Gasteiger partial charge >= 0.3 is 5.97 Å². The third kappa shape index (κ3) is 3.14. The van der Waals surface area contributed by atoms with Gasteiger partial charge in [0, 0.05) is 7.05 Å². The van der Waals surface area contributed by atoms with Gasteiger partial charge in [0.05, 0.1) is 29.0 Å². The van der Waals surface area contributed by atoms with Gasteiger partial charge in [-0.15, -0.1) is 0 Å². The molecule has 0 spiro atoms. The van der Waals surface area contributed by atoms with Gasteiger partial charge in [0.15, 0.2) is 0 Å². The van der Waals surface area contributed by atoms with Crippen molar-refractivity contribution < 1.29 is 14.3 Å². The number of hydrogen-bond donors (Lipinski definition) is 0. The van der Waals surface area contributed by atoms with Crippen LogP contribution in [0.3, 0.4) is 0 Å². The van der Waals surface area contributed by atoms with Crippen molar-refractivity contribution in [3.8, 4) is 5.75 Å². The van der Waals surface area contributed by atoms with Crippen LogP contribution in [0.1, 0.15) is 16.1 Å². The first-order valence-electron chi connectivity index (χ1n) is 5.59. The van der Waals surface area contributed by atoms with Crippen molar-refractivity contribution in [2.75, 3.05) is 7.11 Å². The zero-order chi connectivity index (χ0) is 13.8. The van der Waals surface area contributed by atoms with E-state index in [1.165, 1.54) is 7.11 Å². The molecule has 100 valence electrons. The molecule has 0 bridgehead atoms. The summed E-state index contributed by atoms with van der Waals surface area (Å²) in [7, 11) is 3.20. The molecule has 0 unspecified atom stereocenters. The lowest BCUT2D eigenvalue weighted by Gasteiger charge is -2.07. The molecule has 0 atom stereocenters. The molecule has 0 aliphatic heterocycles. The Morgan fingerprint density at radius 2 is 2.05 bits per heavy atom. The first kappa shape index (κ1) is 13.6. The summed E-state index contributed by atoms with van der Waals surface area (Å²) in [6, 6.07) is 6.80. The zero-order valence-electron chi connectivity index (χ0n) is 10.6. The average molecular weight is 325 g/mol. The Bertz CT molecular complexity index is 559. The molecule has 5 nitrogen and oxygen atoms in total. The molecule has 1 aromatic carbocycles. The lowest BCUT2D eigenvalue weighted by atomic mass is 10.2. The highest BCUT2D eigenvalue weighted by Gasteiger charge is 2.08. The Kier molecular flexibility index (Phi) is 4.21. The summed E-state index contributed by atoms with van der Waals surface area (Å²) < 4.78 is 12.9. The van der Waals surface area contributed by atoms with E-state index in [1.54, 1.807) is 35.1 Å². The molecule has 0 aliphatic rings. The number of methoxy groups -OCH3 is 1. The van der Waals surface area contributed by atoms with Crippen molar-refractivity contribution in [2.24, 2.45) is 7.05 Å². The maximum atomic E-state index is 11.3. The van der Waals surface area contributed by atoms with E-state index in [9.17, 15) is 4.79 Å². The zero-order valence-corrected chi connectivity index (χ0v) is 12.2. The molecule has 0 radical (unpaired) electrons. The third-order valence-corrected chi connectivity index (χ3v) is 3.32. The molecular weight excluding hydrogens is 312 g/mol. The van der Waals surface area contributed by atoms with E-state index in [0.717, 1.165) is 10.2 Å². The number of aromatic nitrogens is 2. The van der Waals surface area contributed by atoms with Gasteiger partial charge in [-0.2, -0.15) is 5.10 Å². The second-order valence-electron chi connectivity index (χ2n) is 3.87. The van der Waals surface area contributed by atoms with Crippen LogP contribution in [-0.4, -0.2) is 22.9 Å². The fraction of sp³-hybridized carbons (Fsp3) is 0.231. The van der Waals surface area contributed by atoms with Crippen LogP contribution in [0.25, 0.3) is 0 Å². The Labute approximate surface area is 119 Å². The average Bonchev–Trinajstić information content (AvgIpc) is 2.75. The van der Waals surface area contributed by atoms with Crippen LogP contribution in [0.2, 0.25) is 0 Å². The van der Waals surface area contributed by atoms with Crippen LogP contribution in [0.4, 0.5) is 0 Å².